The zero-order valence-electron chi connectivity index (χ0n) is 13.9. The summed E-state index contributed by atoms with van der Waals surface area (Å²) < 4.78 is 42.8. The summed E-state index contributed by atoms with van der Waals surface area (Å²) in [6, 6.07) is 3.15. The van der Waals surface area contributed by atoms with Gasteiger partial charge in [0.15, 0.2) is 6.61 Å². The number of hydrogen-bond donors (Lipinski definition) is 1. The van der Waals surface area contributed by atoms with Gasteiger partial charge in [0.2, 0.25) is 11.8 Å². The van der Waals surface area contributed by atoms with Crippen LogP contribution in [0.15, 0.2) is 30.7 Å². The number of rotatable bonds is 5. The summed E-state index contributed by atoms with van der Waals surface area (Å²) in [6.07, 6.45) is 0.0984. The summed E-state index contributed by atoms with van der Waals surface area (Å²) in [5.74, 6) is -0.160. The topological polar surface area (TPSA) is 81.9 Å². The number of hydrogen-bond acceptors (Lipinski definition) is 5. The van der Waals surface area contributed by atoms with Gasteiger partial charge in [0.05, 0.1) is 17.4 Å². The second-order valence-corrected chi connectivity index (χ2v) is 6.04. The number of fused-ring (bicyclic) bond motifs is 1. The van der Waals surface area contributed by atoms with E-state index in [2.05, 4.69) is 25.1 Å². The Morgan fingerprint density at radius 3 is 2.81 bits per heavy atom. The van der Waals surface area contributed by atoms with Crippen molar-refractivity contribution in [1.29, 1.82) is 0 Å². The molecule has 27 heavy (non-hydrogen) atoms. The van der Waals surface area contributed by atoms with Gasteiger partial charge in [0, 0.05) is 25.5 Å². The maximum absolute atomic E-state index is 12.2. The van der Waals surface area contributed by atoms with Gasteiger partial charge in [-0.1, -0.05) is 11.6 Å². The number of amides is 1. The Bertz CT molecular complexity index is 990. The lowest BCUT2D eigenvalue weighted by molar-refractivity contribution is -0.154. The molecular weight excluding hydrogens is 387 g/mol. The van der Waals surface area contributed by atoms with Crippen LogP contribution in [0.5, 0.6) is 5.88 Å². The van der Waals surface area contributed by atoms with E-state index >= 15 is 0 Å². The summed E-state index contributed by atoms with van der Waals surface area (Å²) in [7, 11) is 0. The summed E-state index contributed by atoms with van der Waals surface area (Å²) in [5.41, 5.74) is 1.24. The van der Waals surface area contributed by atoms with E-state index in [1.54, 1.807) is 16.9 Å². The van der Waals surface area contributed by atoms with Gasteiger partial charge in [-0.05, 0) is 17.7 Å². The summed E-state index contributed by atoms with van der Waals surface area (Å²) in [5, 5.41) is 7.61. The molecule has 0 aromatic carbocycles. The second kappa shape index (κ2) is 7.39. The number of carbonyl (C=O) groups is 1. The molecule has 0 aliphatic carbocycles. The van der Waals surface area contributed by atoms with Crippen molar-refractivity contribution >= 4 is 34.2 Å². The maximum atomic E-state index is 12.2. The van der Waals surface area contributed by atoms with Crippen molar-refractivity contribution in [1.82, 2.24) is 19.7 Å². The van der Waals surface area contributed by atoms with Crippen LogP contribution in [0.25, 0.3) is 10.9 Å². The molecule has 7 nitrogen and oxygen atoms in total. The predicted octanol–water partition coefficient (Wildman–Crippen LogP) is 3.43. The van der Waals surface area contributed by atoms with E-state index in [1.807, 2.05) is 0 Å². The molecule has 0 saturated heterocycles. The molecule has 3 heterocycles. The van der Waals surface area contributed by atoms with Crippen molar-refractivity contribution < 1.29 is 22.7 Å². The number of pyridine rings is 2. The fourth-order valence-corrected chi connectivity index (χ4v) is 2.58. The monoisotopic (exact) mass is 399 g/mol. The molecular formula is C16H13ClF3N5O2. The largest absolute Gasteiger partial charge is 0.467 e. The fraction of sp³-hybridized carbons (Fsp3) is 0.250. The van der Waals surface area contributed by atoms with E-state index in [0.29, 0.717) is 22.3 Å². The van der Waals surface area contributed by atoms with Gasteiger partial charge in [-0.25, -0.2) is 9.97 Å². The van der Waals surface area contributed by atoms with Gasteiger partial charge in [0.25, 0.3) is 0 Å². The standard InChI is InChI=1S/C16H13ClF3N5O2/c1-9(26)23-14-11-7-25(24-13(11)2-3-21-14)6-10-4-12(17)15(22-5-10)27-8-16(18,19)20/h2-5,7H,6,8H2,1H3,(H,21,23,26). The molecule has 0 radical (unpaired) electrons. The van der Waals surface area contributed by atoms with Crippen LogP contribution >= 0.6 is 11.6 Å². The Kier molecular flexibility index (Phi) is 5.17. The van der Waals surface area contributed by atoms with Crippen LogP contribution in [0.4, 0.5) is 19.0 Å². The van der Waals surface area contributed by atoms with Crippen molar-refractivity contribution in [3.8, 4) is 5.88 Å². The van der Waals surface area contributed by atoms with Crippen LogP contribution in [0.1, 0.15) is 12.5 Å². The van der Waals surface area contributed by atoms with Gasteiger partial charge in [0.1, 0.15) is 10.8 Å². The highest BCUT2D eigenvalue weighted by Gasteiger charge is 2.29. The average molecular weight is 400 g/mol. The van der Waals surface area contributed by atoms with Crippen LogP contribution in [-0.2, 0) is 11.3 Å². The molecule has 0 aliphatic rings. The van der Waals surface area contributed by atoms with Gasteiger partial charge < -0.3 is 10.1 Å². The Balaban J connectivity index is 1.79. The number of ether oxygens (including phenoxy) is 1. The van der Waals surface area contributed by atoms with Gasteiger partial charge in [-0.3, -0.25) is 9.48 Å². The Labute approximate surface area is 156 Å². The summed E-state index contributed by atoms with van der Waals surface area (Å²) in [6.45, 7) is 0.171. The zero-order valence-corrected chi connectivity index (χ0v) is 14.7. The lowest BCUT2D eigenvalue weighted by Crippen LogP contribution is -2.19. The van der Waals surface area contributed by atoms with Gasteiger partial charge in [-0.15, -0.1) is 0 Å². The second-order valence-electron chi connectivity index (χ2n) is 5.63. The van der Waals surface area contributed by atoms with E-state index in [9.17, 15) is 18.0 Å². The molecule has 11 heteroatoms. The molecule has 0 fully saturated rings. The first-order valence-corrected chi connectivity index (χ1v) is 8.03. The number of halogens is 4. The molecule has 1 amide bonds. The van der Waals surface area contributed by atoms with Crippen molar-refractivity contribution in [2.24, 2.45) is 0 Å². The smallest absolute Gasteiger partial charge is 0.422 e. The maximum Gasteiger partial charge on any atom is 0.422 e. The lowest BCUT2D eigenvalue weighted by atomic mass is 10.3. The van der Waals surface area contributed by atoms with E-state index in [0.717, 1.165) is 0 Å². The molecule has 142 valence electrons. The van der Waals surface area contributed by atoms with Crippen LogP contribution in [-0.4, -0.2) is 38.4 Å². The zero-order chi connectivity index (χ0) is 19.6. The summed E-state index contributed by atoms with van der Waals surface area (Å²) in [4.78, 5) is 19.2. The number of nitrogens with one attached hydrogen (secondary N) is 1. The number of carbonyl (C=O) groups excluding carboxylic acids is 1. The Morgan fingerprint density at radius 1 is 1.37 bits per heavy atom. The molecule has 0 aliphatic heterocycles. The number of alkyl halides is 3. The molecule has 0 unspecified atom stereocenters. The van der Waals surface area contributed by atoms with E-state index < -0.39 is 12.8 Å². The van der Waals surface area contributed by atoms with E-state index in [-0.39, 0.29) is 23.4 Å². The third-order valence-electron chi connectivity index (χ3n) is 3.36. The lowest BCUT2D eigenvalue weighted by Gasteiger charge is -2.10. The molecule has 3 aromatic heterocycles. The quantitative estimate of drug-likeness (QED) is 0.710. The summed E-state index contributed by atoms with van der Waals surface area (Å²) >= 11 is 5.94. The molecule has 0 atom stereocenters. The number of nitrogens with zero attached hydrogens (tertiary/aromatic N) is 4. The molecule has 1 N–H and O–H groups in total. The minimum Gasteiger partial charge on any atom is -0.467 e. The van der Waals surface area contributed by atoms with Gasteiger partial charge in [-0.2, -0.15) is 18.3 Å². The predicted molar refractivity (Wildman–Crippen MR) is 91.7 cm³/mol. The number of aromatic nitrogens is 4. The van der Waals surface area contributed by atoms with Crippen molar-refractivity contribution in [2.75, 3.05) is 11.9 Å². The van der Waals surface area contributed by atoms with E-state index in [1.165, 1.54) is 25.4 Å². The van der Waals surface area contributed by atoms with Crippen LogP contribution in [0.2, 0.25) is 5.02 Å². The molecule has 0 spiro atoms. The first-order chi connectivity index (χ1) is 12.7. The molecule has 0 bridgehead atoms. The molecule has 3 aromatic rings. The molecule has 3 rings (SSSR count). The average Bonchev–Trinajstić information content (AvgIpc) is 2.96. The Morgan fingerprint density at radius 2 is 2.15 bits per heavy atom. The first-order valence-electron chi connectivity index (χ1n) is 7.65. The Hall–Kier alpha value is -2.88. The highest BCUT2D eigenvalue weighted by molar-refractivity contribution is 6.31. The minimum atomic E-state index is -4.47. The molecule has 0 saturated carbocycles. The first kappa shape index (κ1) is 18.9. The van der Waals surface area contributed by atoms with E-state index in [4.69, 9.17) is 11.6 Å². The van der Waals surface area contributed by atoms with Crippen molar-refractivity contribution in [3.63, 3.8) is 0 Å². The number of anilines is 1. The SMILES string of the molecule is CC(=O)Nc1nccc2nn(Cc3cnc(OCC(F)(F)F)c(Cl)c3)cc12. The third kappa shape index (κ3) is 4.85. The van der Waals surface area contributed by atoms with Crippen LogP contribution in [0.3, 0.4) is 0 Å². The highest BCUT2D eigenvalue weighted by atomic mass is 35.5. The van der Waals surface area contributed by atoms with Crippen molar-refractivity contribution in [3.05, 3.63) is 41.3 Å². The van der Waals surface area contributed by atoms with Crippen LogP contribution < -0.4 is 10.1 Å². The third-order valence-corrected chi connectivity index (χ3v) is 3.63. The van der Waals surface area contributed by atoms with Gasteiger partial charge >= 0.3 is 6.18 Å². The van der Waals surface area contributed by atoms with Crippen molar-refractivity contribution in [2.45, 2.75) is 19.6 Å². The normalized spacial score (nSPS) is 11.6. The minimum absolute atomic E-state index is 0.0333. The highest BCUT2D eigenvalue weighted by Crippen LogP contribution is 2.26. The fourth-order valence-electron chi connectivity index (χ4n) is 2.34. The van der Waals surface area contributed by atoms with Crippen LogP contribution in [0, 0.1) is 0 Å².